The SMILES string of the molecule is O=C1CC[C@@]2(CCCN(c3ncccn3)C2)N1Cc1cccnc1. The van der Waals surface area contributed by atoms with Gasteiger partial charge in [0.05, 0.1) is 5.54 Å². The van der Waals surface area contributed by atoms with Crippen molar-refractivity contribution >= 4 is 11.9 Å². The largest absolute Gasteiger partial charge is 0.338 e. The van der Waals surface area contributed by atoms with Gasteiger partial charge in [0.15, 0.2) is 0 Å². The third kappa shape index (κ3) is 2.72. The number of likely N-dealkylation sites (tertiary alicyclic amines) is 1. The number of hydrogen-bond acceptors (Lipinski definition) is 5. The van der Waals surface area contributed by atoms with Gasteiger partial charge in [0.2, 0.25) is 11.9 Å². The number of aromatic nitrogens is 3. The zero-order chi connectivity index (χ0) is 16.4. The lowest BCUT2D eigenvalue weighted by molar-refractivity contribution is -0.132. The van der Waals surface area contributed by atoms with E-state index in [0.29, 0.717) is 13.0 Å². The molecule has 0 unspecified atom stereocenters. The van der Waals surface area contributed by atoms with Crippen LogP contribution in [0.1, 0.15) is 31.2 Å². The molecule has 2 saturated heterocycles. The molecule has 1 amide bonds. The minimum atomic E-state index is -0.107. The summed E-state index contributed by atoms with van der Waals surface area (Å²) in [5.74, 6) is 1.01. The fraction of sp³-hybridized carbons (Fsp3) is 0.444. The van der Waals surface area contributed by atoms with Gasteiger partial charge >= 0.3 is 0 Å². The Balaban J connectivity index is 1.59. The van der Waals surface area contributed by atoms with E-state index in [4.69, 9.17) is 0 Å². The second kappa shape index (κ2) is 6.19. The third-order valence-corrected chi connectivity index (χ3v) is 5.13. The summed E-state index contributed by atoms with van der Waals surface area (Å²) in [6.07, 6.45) is 10.8. The average molecular weight is 323 g/mol. The van der Waals surface area contributed by atoms with E-state index in [1.165, 1.54) is 0 Å². The van der Waals surface area contributed by atoms with Crippen LogP contribution in [0.2, 0.25) is 0 Å². The van der Waals surface area contributed by atoms with Crippen molar-refractivity contribution in [1.29, 1.82) is 0 Å². The van der Waals surface area contributed by atoms with E-state index in [9.17, 15) is 4.79 Å². The van der Waals surface area contributed by atoms with Crippen molar-refractivity contribution in [3.63, 3.8) is 0 Å². The second-order valence-corrected chi connectivity index (χ2v) is 6.64. The molecule has 6 nitrogen and oxygen atoms in total. The van der Waals surface area contributed by atoms with Crippen LogP contribution in [-0.4, -0.2) is 44.4 Å². The molecule has 2 fully saturated rings. The topological polar surface area (TPSA) is 62.2 Å². The summed E-state index contributed by atoms with van der Waals surface area (Å²) in [6, 6.07) is 5.79. The fourth-order valence-corrected chi connectivity index (χ4v) is 3.97. The predicted molar refractivity (Wildman–Crippen MR) is 90.2 cm³/mol. The molecule has 6 heteroatoms. The zero-order valence-electron chi connectivity index (χ0n) is 13.6. The predicted octanol–water partition coefficient (Wildman–Crippen LogP) is 2.03. The molecule has 1 spiro atoms. The first-order valence-corrected chi connectivity index (χ1v) is 8.48. The monoisotopic (exact) mass is 323 g/mol. The van der Waals surface area contributed by atoms with Crippen molar-refractivity contribution in [2.75, 3.05) is 18.0 Å². The molecule has 0 bridgehead atoms. The van der Waals surface area contributed by atoms with Crippen LogP contribution in [0.25, 0.3) is 0 Å². The van der Waals surface area contributed by atoms with E-state index in [-0.39, 0.29) is 11.4 Å². The van der Waals surface area contributed by atoms with Crippen LogP contribution in [0.15, 0.2) is 43.0 Å². The maximum Gasteiger partial charge on any atom is 0.225 e. The van der Waals surface area contributed by atoms with Gasteiger partial charge in [-0.05, 0) is 37.0 Å². The molecule has 2 aliphatic rings. The molecule has 124 valence electrons. The summed E-state index contributed by atoms with van der Waals surface area (Å²) < 4.78 is 0. The summed E-state index contributed by atoms with van der Waals surface area (Å²) >= 11 is 0. The molecule has 2 aromatic rings. The maximum atomic E-state index is 12.6. The van der Waals surface area contributed by atoms with E-state index >= 15 is 0 Å². The Morgan fingerprint density at radius 2 is 2.00 bits per heavy atom. The molecule has 0 aromatic carbocycles. The van der Waals surface area contributed by atoms with Crippen molar-refractivity contribution in [1.82, 2.24) is 19.9 Å². The lowest BCUT2D eigenvalue weighted by Crippen LogP contribution is -2.56. The number of carbonyl (C=O) groups excluding carboxylic acids is 1. The van der Waals surface area contributed by atoms with Gasteiger partial charge in [-0.3, -0.25) is 9.78 Å². The van der Waals surface area contributed by atoms with E-state index < -0.39 is 0 Å². The van der Waals surface area contributed by atoms with Crippen LogP contribution >= 0.6 is 0 Å². The Morgan fingerprint density at radius 1 is 1.12 bits per heavy atom. The Morgan fingerprint density at radius 3 is 2.79 bits per heavy atom. The smallest absolute Gasteiger partial charge is 0.225 e. The van der Waals surface area contributed by atoms with Gasteiger partial charge < -0.3 is 9.80 Å². The molecule has 0 radical (unpaired) electrons. The molecule has 0 saturated carbocycles. The van der Waals surface area contributed by atoms with Crippen LogP contribution in [0.5, 0.6) is 0 Å². The molecule has 0 N–H and O–H groups in total. The Kier molecular flexibility index (Phi) is 3.88. The molecular formula is C18H21N5O. The van der Waals surface area contributed by atoms with Crippen LogP contribution in [-0.2, 0) is 11.3 Å². The number of hydrogen-bond donors (Lipinski definition) is 0. The van der Waals surface area contributed by atoms with Crippen molar-refractivity contribution in [3.05, 3.63) is 48.5 Å². The Hall–Kier alpha value is -2.50. The molecule has 4 heterocycles. The molecule has 4 rings (SSSR count). The lowest BCUT2D eigenvalue weighted by atomic mass is 9.86. The van der Waals surface area contributed by atoms with Gasteiger partial charge in [-0.25, -0.2) is 9.97 Å². The molecule has 0 aliphatic carbocycles. The highest BCUT2D eigenvalue weighted by atomic mass is 16.2. The molecule has 2 aromatic heterocycles. The second-order valence-electron chi connectivity index (χ2n) is 6.64. The quantitative estimate of drug-likeness (QED) is 0.865. The average Bonchev–Trinajstić information content (AvgIpc) is 2.93. The normalized spacial score (nSPS) is 23.9. The minimum Gasteiger partial charge on any atom is -0.338 e. The molecule has 2 aliphatic heterocycles. The number of nitrogens with zero attached hydrogens (tertiary/aromatic N) is 5. The Labute approximate surface area is 141 Å². The summed E-state index contributed by atoms with van der Waals surface area (Å²) in [5.41, 5.74) is 0.977. The zero-order valence-corrected chi connectivity index (χ0v) is 13.6. The van der Waals surface area contributed by atoms with Gasteiger partial charge in [-0.15, -0.1) is 0 Å². The number of amides is 1. The minimum absolute atomic E-state index is 0.107. The first kappa shape index (κ1) is 15.1. The van der Waals surface area contributed by atoms with Gasteiger partial charge in [-0.1, -0.05) is 6.07 Å². The number of anilines is 1. The van der Waals surface area contributed by atoms with E-state index in [2.05, 4.69) is 24.8 Å². The van der Waals surface area contributed by atoms with Crippen molar-refractivity contribution in [2.24, 2.45) is 0 Å². The molecule has 24 heavy (non-hydrogen) atoms. The number of rotatable bonds is 3. The fourth-order valence-electron chi connectivity index (χ4n) is 3.97. The van der Waals surface area contributed by atoms with Gasteiger partial charge in [0, 0.05) is 50.8 Å². The van der Waals surface area contributed by atoms with Crippen LogP contribution < -0.4 is 4.90 Å². The lowest BCUT2D eigenvalue weighted by Gasteiger charge is -2.46. The van der Waals surface area contributed by atoms with Gasteiger partial charge in [0.1, 0.15) is 0 Å². The third-order valence-electron chi connectivity index (χ3n) is 5.13. The first-order chi connectivity index (χ1) is 11.8. The number of pyridine rings is 1. The number of carbonyl (C=O) groups is 1. The Bertz CT molecular complexity index is 708. The highest BCUT2D eigenvalue weighted by molar-refractivity contribution is 5.80. The van der Waals surface area contributed by atoms with Crippen molar-refractivity contribution < 1.29 is 4.79 Å². The highest BCUT2D eigenvalue weighted by Crippen LogP contribution is 2.39. The summed E-state index contributed by atoms with van der Waals surface area (Å²) in [4.78, 5) is 29.8. The molecule has 1 atom stereocenters. The van der Waals surface area contributed by atoms with E-state index in [1.54, 1.807) is 18.6 Å². The van der Waals surface area contributed by atoms with E-state index in [1.807, 2.05) is 24.4 Å². The van der Waals surface area contributed by atoms with E-state index in [0.717, 1.165) is 43.9 Å². The summed E-state index contributed by atoms with van der Waals surface area (Å²) in [7, 11) is 0. The van der Waals surface area contributed by atoms with Crippen LogP contribution in [0.3, 0.4) is 0 Å². The number of piperidine rings is 1. The van der Waals surface area contributed by atoms with Crippen molar-refractivity contribution in [3.8, 4) is 0 Å². The summed E-state index contributed by atoms with van der Waals surface area (Å²) in [5, 5.41) is 0. The summed E-state index contributed by atoms with van der Waals surface area (Å²) in [6.45, 7) is 2.39. The highest BCUT2D eigenvalue weighted by Gasteiger charge is 2.47. The molecular weight excluding hydrogens is 302 g/mol. The standard InChI is InChI=1S/C18H21N5O/c24-16-5-7-18(23(16)13-15-4-1-8-19-12-15)6-2-11-22(14-18)17-20-9-3-10-21-17/h1,3-4,8-10,12H,2,5-7,11,13-14H2/t18-/m1/s1. The first-order valence-electron chi connectivity index (χ1n) is 8.48. The maximum absolute atomic E-state index is 12.6. The van der Waals surface area contributed by atoms with Gasteiger partial charge in [0.25, 0.3) is 0 Å². The van der Waals surface area contributed by atoms with Crippen molar-refractivity contribution in [2.45, 2.75) is 37.8 Å². The van der Waals surface area contributed by atoms with Crippen LogP contribution in [0, 0.1) is 0 Å². The van der Waals surface area contributed by atoms with Gasteiger partial charge in [-0.2, -0.15) is 0 Å². The van der Waals surface area contributed by atoms with Crippen LogP contribution in [0.4, 0.5) is 5.95 Å².